The van der Waals surface area contributed by atoms with E-state index in [-0.39, 0.29) is 18.8 Å². The number of aliphatic hydroxyl groups is 2. The molecule has 1 aliphatic carbocycles. The number of rotatable bonds is 8. The Kier molecular flexibility index (Phi) is 5.79. The van der Waals surface area contributed by atoms with Crippen molar-refractivity contribution in [3.63, 3.8) is 0 Å². The molecule has 6 nitrogen and oxygen atoms in total. The van der Waals surface area contributed by atoms with E-state index < -0.39 is 6.10 Å². The number of imidazole rings is 1. The molecule has 0 amide bonds. The maximum absolute atomic E-state index is 9.83. The van der Waals surface area contributed by atoms with Crippen molar-refractivity contribution in [3.8, 4) is 16.9 Å². The zero-order chi connectivity index (χ0) is 21.1. The lowest BCUT2D eigenvalue weighted by atomic mass is 10.0. The third-order valence-corrected chi connectivity index (χ3v) is 5.14. The van der Waals surface area contributed by atoms with Crippen LogP contribution in [0.4, 0.5) is 0 Å². The van der Waals surface area contributed by atoms with Crippen molar-refractivity contribution in [1.82, 2.24) is 9.55 Å². The van der Waals surface area contributed by atoms with Gasteiger partial charge in [-0.1, -0.05) is 48.6 Å². The van der Waals surface area contributed by atoms with Crippen LogP contribution in [0.25, 0.3) is 17.2 Å². The zero-order valence-corrected chi connectivity index (χ0v) is 16.8. The van der Waals surface area contributed by atoms with Crippen LogP contribution in [0.2, 0.25) is 0 Å². The summed E-state index contributed by atoms with van der Waals surface area (Å²) in [6.45, 7) is 1.57. The predicted molar refractivity (Wildman–Crippen MR) is 117 cm³/mol. The van der Waals surface area contributed by atoms with E-state index in [4.69, 9.17) is 10.1 Å². The Balaban J connectivity index is 1.43. The van der Waals surface area contributed by atoms with Gasteiger partial charge in [0.15, 0.2) is 0 Å². The molecule has 0 spiro atoms. The van der Waals surface area contributed by atoms with Crippen LogP contribution < -0.4 is 4.74 Å². The van der Waals surface area contributed by atoms with E-state index in [1.165, 1.54) is 0 Å². The molecule has 1 fully saturated rings. The van der Waals surface area contributed by atoms with Crippen molar-refractivity contribution in [2.24, 2.45) is 0 Å². The summed E-state index contributed by atoms with van der Waals surface area (Å²) in [6, 6.07) is 15.8. The van der Waals surface area contributed by atoms with Crippen molar-refractivity contribution >= 4 is 11.8 Å². The highest BCUT2D eigenvalue weighted by Crippen LogP contribution is 2.27. The fourth-order valence-electron chi connectivity index (χ4n) is 3.32. The van der Waals surface area contributed by atoms with E-state index >= 15 is 0 Å². The molecule has 0 aliphatic heterocycles. The molecule has 154 valence electrons. The van der Waals surface area contributed by atoms with Gasteiger partial charge in [-0.2, -0.15) is 0 Å². The Labute approximate surface area is 175 Å². The number of nitrogens with zero attached hydrogens (tertiary/aromatic N) is 2. The topological polar surface area (TPSA) is 91.4 Å². The average molecular weight is 403 g/mol. The number of aliphatic hydroxyl groups excluding tert-OH is 2. The molecule has 1 heterocycles. The number of hydrogen-bond donors (Lipinski definition) is 3. The number of benzene rings is 2. The van der Waals surface area contributed by atoms with Crippen LogP contribution in [0.1, 0.15) is 36.9 Å². The van der Waals surface area contributed by atoms with Crippen LogP contribution in [0.15, 0.2) is 67.0 Å². The fourth-order valence-corrected chi connectivity index (χ4v) is 3.32. The molecule has 3 atom stereocenters. The van der Waals surface area contributed by atoms with E-state index in [1.807, 2.05) is 48.6 Å². The van der Waals surface area contributed by atoms with Crippen LogP contribution in [-0.2, 0) is 0 Å². The molecule has 0 unspecified atom stereocenters. The van der Waals surface area contributed by atoms with Gasteiger partial charge < -0.3 is 24.9 Å². The van der Waals surface area contributed by atoms with Gasteiger partial charge in [-0.25, -0.2) is 4.98 Å². The molecule has 2 aromatic carbocycles. The first-order valence-corrected chi connectivity index (χ1v) is 9.99. The van der Waals surface area contributed by atoms with Crippen molar-refractivity contribution in [1.29, 1.82) is 5.41 Å². The maximum Gasteiger partial charge on any atom is 0.141 e. The van der Waals surface area contributed by atoms with Crippen LogP contribution >= 0.6 is 0 Å². The van der Waals surface area contributed by atoms with Gasteiger partial charge in [0.1, 0.15) is 23.8 Å². The first-order chi connectivity index (χ1) is 14.5. The molecule has 30 heavy (non-hydrogen) atoms. The average Bonchev–Trinajstić information content (AvgIpc) is 3.24. The SMILES string of the molecule is C[C@H](O)c1nccn1[C@@H](/C=C/c1ccc(-c2ccc(O[C@@H]3CC3=N)cc2)cc1)CO. The minimum absolute atomic E-state index is 0.0383. The molecular weight excluding hydrogens is 378 g/mol. The number of ether oxygens (including phenoxy) is 1. The standard InChI is InChI=1S/C24H25N3O3/c1-16(29)24-26-12-13-27(24)20(15-28)9-4-17-2-5-18(6-3-17)19-7-10-21(11-8-19)30-23-14-22(23)25/h2-13,16,20,23,25,28-29H,14-15H2,1H3/b9-4+,25-22?/t16-,20-,23+/m0/s1. The van der Waals surface area contributed by atoms with E-state index in [0.29, 0.717) is 11.5 Å². The monoisotopic (exact) mass is 403 g/mol. The lowest BCUT2D eigenvalue weighted by molar-refractivity contribution is 0.175. The van der Waals surface area contributed by atoms with Crippen molar-refractivity contribution in [2.75, 3.05) is 6.61 Å². The van der Waals surface area contributed by atoms with Gasteiger partial charge in [0.2, 0.25) is 0 Å². The summed E-state index contributed by atoms with van der Waals surface area (Å²) in [5.41, 5.74) is 3.86. The van der Waals surface area contributed by atoms with Gasteiger partial charge in [-0.05, 0) is 35.7 Å². The molecule has 3 N–H and O–H groups in total. The summed E-state index contributed by atoms with van der Waals surface area (Å²) in [6.07, 6.45) is 7.24. The molecule has 3 aromatic rings. The Morgan fingerprint density at radius 2 is 1.80 bits per heavy atom. The summed E-state index contributed by atoms with van der Waals surface area (Å²) in [7, 11) is 0. The van der Waals surface area contributed by atoms with Crippen LogP contribution in [0.3, 0.4) is 0 Å². The molecule has 4 rings (SSSR count). The zero-order valence-electron chi connectivity index (χ0n) is 16.8. The minimum atomic E-state index is -0.699. The van der Waals surface area contributed by atoms with E-state index in [9.17, 15) is 10.2 Å². The second kappa shape index (κ2) is 8.65. The number of nitrogens with one attached hydrogen (secondary N) is 1. The van der Waals surface area contributed by atoms with Crippen LogP contribution in [0.5, 0.6) is 5.75 Å². The van der Waals surface area contributed by atoms with E-state index in [1.54, 1.807) is 23.9 Å². The lowest BCUT2D eigenvalue weighted by Crippen LogP contribution is -2.14. The van der Waals surface area contributed by atoms with E-state index in [0.717, 1.165) is 28.9 Å². The Morgan fingerprint density at radius 1 is 1.17 bits per heavy atom. The van der Waals surface area contributed by atoms with Crippen molar-refractivity contribution in [2.45, 2.75) is 31.6 Å². The van der Waals surface area contributed by atoms with Gasteiger partial charge in [0.05, 0.1) is 18.4 Å². The highest BCUT2D eigenvalue weighted by molar-refractivity contribution is 6.01. The second-order valence-electron chi connectivity index (χ2n) is 7.46. The number of aromatic nitrogens is 2. The van der Waals surface area contributed by atoms with Gasteiger partial charge >= 0.3 is 0 Å². The molecule has 0 radical (unpaired) electrons. The van der Waals surface area contributed by atoms with Gasteiger partial charge in [0.25, 0.3) is 0 Å². The highest BCUT2D eigenvalue weighted by atomic mass is 16.5. The van der Waals surface area contributed by atoms with Gasteiger partial charge in [-0.3, -0.25) is 0 Å². The third kappa shape index (κ3) is 4.50. The molecule has 1 saturated carbocycles. The number of hydrogen-bond acceptors (Lipinski definition) is 5. The first kappa shape index (κ1) is 20.1. The van der Waals surface area contributed by atoms with Crippen LogP contribution in [0, 0.1) is 5.41 Å². The maximum atomic E-state index is 9.83. The summed E-state index contributed by atoms with van der Waals surface area (Å²) < 4.78 is 7.47. The normalized spacial score (nSPS) is 17.8. The molecule has 0 saturated heterocycles. The molecular formula is C24H25N3O3. The summed E-state index contributed by atoms with van der Waals surface area (Å²) in [4.78, 5) is 4.16. The molecule has 1 aliphatic rings. The fraction of sp³-hybridized carbons (Fsp3) is 0.250. The van der Waals surface area contributed by atoms with Crippen molar-refractivity contribution in [3.05, 3.63) is 78.4 Å². The summed E-state index contributed by atoms with van der Waals surface area (Å²) >= 11 is 0. The lowest BCUT2D eigenvalue weighted by Gasteiger charge is -2.16. The Hall–Kier alpha value is -3.22. The van der Waals surface area contributed by atoms with Gasteiger partial charge in [-0.15, -0.1) is 0 Å². The minimum Gasteiger partial charge on any atom is -0.484 e. The molecule has 6 heteroatoms. The highest BCUT2D eigenvalue weighted by Gasteiger charge is 2.32. The smallest absolute Gasteiger partial charge is 0.141 e. The van der Waals surface area contributed by atoms with Crippen LogP contribution in [-0.4, -0.2) is 38.2 Å². The Bertz CT molecular complexity index is 1040. The van der Waals surface area contributed by atoms with Gasteiger partial charge in [0, 0.05) is 18.8 Å². The Morgan fingerprint density at radius 3 is 2.37 bits per heavy atom. The van der Waals surface area contributed by atoms with Crippen molar-refractivity contribution < 1.29 is 14.9 Å². The molecule has 1 aromatic heterocycles. The summed E-state index contributed by atoms with van der Waals surface area (Å²) in [5.74, 6) is 1.32. The quantitative estimate of drug-likeness (QED) is 0.530. The summed E-state index contributed by atoms with van der Waals surface area (Å²) in [5, 5.41) is 27.1. The third-order valence-electron chi connectivity index (χ3n) is 5.14. The first-order valence-electron chi connectivity index (χ1n) is 9.99. The van der Waals surface area contributed by atoms with E-state index in [2.05, 4.69) is 17.1 Å². The second-order valence-corrected chi connectivity index (χ2v) is 7.46. The largest absolute Gasteiger partial charge is 0.484 e. The predicted octanol–water partition coefficient (Wildman–Crippen LogP) is 4.02. The molecule has 0 bridgehead atoms.